The van der Waals surface area contributed by atoms with E-state index in [1.165, 1.54) is 0 Å². The first-order chi connectivity index (χ1) is 11.2. The van der Waals surface area contributed by atoms with Crippen molar-refractivity contribution in [2.45, 2.75) is 53.1 Å². The average molecular weight is 336 g/mol. The Morgan fingerprint density at radius 3 is 2.21 bits per heavy atom. The third-order valence-electron chi connectivity index (χ3n) is 3.04. The third-order valence-corrected chi connectivity index (χ3v) is 3.04. The fourth-order valence-electron chi connectivity index (χ4n) is 2.02. The first kappa shape index (κ1) is 19.8. The van der Waals surface area contributed by atoms with Crippen LogP contribution in [0.3, 0.4) is 0 Å². The van der Waals surface area contributed by atoms with Crippen molar-refractivity contribution >= 4 is 11.8 Å². The monoisotopic (exact) mass is 336 g/mol. The molecule has 0 aliphatic rings. The predicted octanol–water partition coefficient (Wildman–Crippen LogP) is 2.52. The maximum atomic E-state index is 12.4. The number of amides is 2. The third kappa shape index (κ3) is 6.10. The maximum absolute atomic E-state index is 12.4. The molecule has 0 fully saturated rings. The van der Waals surface area contributed by atoms with Crippen LogP contribution in [0.2, 0.25) is 0 Å². The topological polar surface area (TPSA) is 76.7 Å². The van der Waals surface area contributed by atoms with E-state index in [9.17, 15) is 9.59 Å². The molecule has 0 saturated carbocycles. The number of benzene rings is 1. The average Bonchev–Trinajstić information content (AvgIpc) is 2.47. The normalized spacial score (nSPS) is 12.2. The summed E-state index contributed by atoms with van der Waals surface area (Å²) < 4.78 is 11.0. The standard InChI is InChI=1S/C18H28N2O4/c1-7-23-14-10-9-13(11-15(14)24-8-2)17(22)19-12(3)16(21)20-18(4,5)6/h9-12H,7-8H2,1-6H3,(H,19,22)(H,20,21). The molecule has 0 aromatic heterocycles. The molecule has 0 radical (unpaired) electrons. The van der Waals surface area contributed by atoms with E-state index >= 15 is 0 Å². The Kier molecular flexibility index (Phi) is 7.07. The smallest absolute Gasteiger partial charge is 0.252 e. The van der Waals surface area contributed by atoms with Crippen molar-refractivity contribution < 1.29 is 19.1 Å². The molecule has 1 rings (SSSR count). The van der Waals surface area contributed by atoms with Gasteiger partial charge in [-0.05, 0) is 59.7 Å². The van der Waals surface area contributed by atoms with Crippen molar-refractivity contribution in [3.8, 4) is 11.5 Å². The summed E-state index contributed by atoms with van der Waals surface area (Å²) in [7, 11) is 0. The zero-order valence-corrected chi connectivity index (χ0v) is 15.4. The van der Waals surface area contributed by atoms with Crippen LogP contribution in [-0.4, -0.2) is 36.6 Å². The largest absolute Gasteiger partial charge is 0.490 e. The van der Waals surface area contributed by atoms with Crippen LogP contribution >= 0.6 is 0 Å². The quantitative estimate of drug-likeness (QED) is 0.802. The summed E-state index contributed by atoms with van der Waals surface area (Å²) in [6.07, 6.45) is 0. The Bertz CT molecular complexity index is 579. The second-order valence-electron chi connectivity index (χ2n) is 6.46. The van der Waals surface area contributed by atoms with Crippen molar-refractivity contribution in [2.75, 3.05) is 13.2 Å². The van der Waals surface area contributed by atoms with Gasteiger partial charge >= 0.3 is 0 Å². The second kappa shape index (κ2) is 8.57. The van der Waals surface area contributed by atoms with Gasteiger partial charge in [0.05, 0.1) is 13.2 Å². The fourth-order valence-corrected chi connectivity index (χ4v) is 2.02. The minimum Gasteiger partial charge on any atom is -0.490 e. The first-order valence-electron chi connectivity index (χ1n) is 8.20. The molecule has 6 heteroatoms. The molecule has 2 amide bonds. The van der Waals surface area contributed by atoms with Crippen molar-refractivity contribution in [2.24, 2.45) is 0 Å². The number of nitrogens with one attached hydrogen (secondary N) is 2. The second-order valence-corrected chi connectivity index (χ2v) is 6.46. The van der Waals surface area contributed by atoms with E-state index in [0.29, 0.717) is 30.3 Å². The number of carbonyl (C=O) groups excluding carboxylic acids is 2. The Labute approximate surface area is 143 Å². The van der Waals surface area contributed by atoms with Gasteiger partial charge < -0.3 is 20.1 Å². The molecular weight excluding hydrogens is 308 g/mol. The lowest BCUT2D eigenvalue weighted by atomic mass is 10.1. The minimum atomic E-state index is -0.640. The number of carbonyl (C=O) groups is 2. The Hall–Kier alpha value is -2.24. The summed E-state index contributed by atoms with van der Waals surface area (Å²) in [4.78, 5) is 24.4. The minimum absolute atomic E-state index is 0.230. The van der Waals surface area contributed by atoms with Gasteiger partial charge in [-0.15, -0.1) is 0 Å². The number of hydrogen-bond donors (Lipinski definition) is 2. The number of rotatable bonds is 7. The highest BCUT2D eigenvalue weighted by molar-refractivity contribution is 5.98. The molecule has 0 aliphatic carbocycles. The van der Waals surface area contributed by atoms with Gasteiger partial charge in [0.15, 0.2) is 11.5 Å². The fraction of sp³-hybridized carbons (Fsp3) is 0.556. The van der Waals surface area contributed by atoms with Gasteiger partial charge in [-0.1, -0.05) is 0 Å². The van der Waals surface area contributed by atoms with E-state index in [-0.39, 0.29) is 17.4 Å². The first-order valence-corrected chi connectivity index (χ1v) is 8.20. The van der Waals surface area contributed by atoms with E-state index in [2.05, 4.69) is 10.6 Å². The van der Waals surface area contributed by atoms with Crippen LogP contribution in [0.5, 0.6) is 11.5 Å². The molecule has 1 unspecified atom stereocenters. The highest BCUT2D eigenvalue weighted by atomic mass is 16.5. The van der Waals surface area contributed by atoms with E-state index < -0.39 is 6.04 Å². The molecule has 6 nitrogen and oxygen atoms in total. The van der Waals surface area contributed by atoms with Crippen LogP contribution in [0.15, 0.2) is 18.2 Å². The lowest BCUT2D eigenvalue weighted by Crippen LogP contribution is -2.50. The van der Waals surface area contributed by atoms with Gasteiger partial charge in [-0.2, -0.15) is 0 Å². The van der Waals surface area contributed by atoms with E-state index in [4.69, 9.17) is 9.47 Å². The molecule has 134 valence electrons. The number of ether oxygens (including phenoxy) is 2. The van der Waals surface area contributed by atoms with Gasteiger partial charge in [-0.25, -0.2) is 0 Å². The maximum Gasteiger partial charge on any atom is 0.252 e. The summed E-state index contributed by atoms with van der Waals surface area (Å²) in [5.41, 5.74) is 0.0643. The van der Waals surface area contributed by atoms with Gasteiger partial charge in [-0.3, -0.25) is 9.59 Å². The summed E-state index contributed by atoms with van der Waals surface area (Å²) in [6.45, 7) is 12.0. The highest BCUT2D eigenvalue weighted by Gasteiger charge is 2.21. The van der Waals surface area contributed by atoms with E-state index in [1.54, 1.807) is 25.1 Å². The van der Waals surface area contributed by atoms with Crippen molar-refractivity contribution in [1.29, 1.82) is 0 Å². The Balaban J connectivity index is 2.83. The molecule has 1 aromatic rings. The van der Waals surface area contributed by atoms with Gasteiger partial charge in [0.25, 0.3) is 5.91 Å². The molecule has 0 heterocycles. The zero-order chi connectivity index (χ0) is 18.3. The SMILES string of the molecule is CCOc1ccc(C(=O)NC(C)C(=O)NC(C)(C)C)cc1OCC. The lowest BCUT2D eigenvalue weighted by Gasteiger charge is -2.23. The Morgan fingerprint density at radius 1 is 1.08 bits per heavy atom. The van der Waals surface area contributed by atoms with Crippen LogP contribution < -0.4 is 20.1 Å². The summed E-state index contributed by atoms with van der Waals surface area (Å²) in [5, 5.41) is 5.53. The molecule has 0 aliphatic heterocycles. The van der Waals surface area contributed by atoms with Gasteiger partial charge in [0, 0.05) is 11.1 Å². The summed E-state index contributed by atoms with van der Waals surface area (Å²) >= 11 is 0. The molecule has 1 atom stereocenters. The van der Waals surface area contributed by atoms with Crippen LogP contribution in [0.4, 0.5) is 0 Å². The van der Waals surface area contributed by atoms with E-state index in [0.717, 1.165) is 0 Å². The van der Waals surface area contributed by atoms with Crippen LogP contribution in [0, 0.1) is 0 Å². The summed E-state index contributed by atoms with van der Waals surface area (Å²) in [5.74, 6) is 0.538. The van der Waals surface area contributed by atoms with Crippen molar-refractivity contribution in [1.82, 2.24) is 10.6 Å². The molecule has 24 heavy (non-hydrogen) atoms. The molecule has 1 aromatic carbocycles. The predicted molar refractivity (Wildman–Crippen MR) is 93.6 cm³/mol. The molecule has 2 N–H and O–H groups in total. The van der Waals surface area contributed by atoms with E-state index in [1.807, 2.05) is 34.6 Å². The molecule has 0 bridgehead atoms. The molecular formula is C18H28N2O4. The van der Waals surface area contributed by atoms with Crippen LogP contribution in [-0.2, 0) is 4.79 Å². The van der Waals surface area contributed by atoms with Gasteiger partial charge in [0.2, 0.25) is 5.91 Å². The zero-order valence-electron chi connectivity index (χ0n) is 15.4. The van der Waals surface area contributed by atoms with Crippen LogP contribution in [0.25, 0.3) is 0 Å². The molecule has 0 saturated heterocycles. The summed E-state index contributed by atoms with van der Waals surface area (Å²) in [6, 6.07) is 4.33. The highest BCUT2D eigenvalue weighted by Crippen LogP contribution is 2.28. The Morgan fingerprint density at radius 2 is 1.67 bits per heavy atom. The lowest BCUT2D eigenvalue weighted by molar-refractivity contribution is -0.124. The number of hydrogen-bond acceptors (Lipinski definition) is 4. The van der Waals surface area contributed by atoms with Crippen molar-refractivity contribution in [3.05, 3.63) is 23.8 Å². The molecule has 0 spiro atoms. The van der Waals surface area contributed by atoms with Crippen LogP contribution in [0.1, 0.15) is 51.9 Å². The van der Waals surface area contributed by atoms with Gasteiger partial charge in [0.1, 0.15) is 6.04 Å². The van der Waals surface area contributed by atoms with Crippen molar-refractivity contribution in [3.63, 3.8) is 0 Å².